The molecule has 5 nitrogen and oxygen atoms in total. The lowest BCUT2D eigenvalue weighted by Gasteiger charge is -2.07. The third-order valence-electron chi connectivity index (χ3n) is 3.16. The average Bonchev–Trinajstić information content (AvgIpc) is 2.95. The largest absolute Gasteiger partial charge is 0.375 e. The average molecular weight is 281 g/mol. The molecule has 0 aliphatic heterocycles. The first kappa shape index (κ1) is 13.3. The van der Waals surface area contributed by atoms with Crippen molar-refractivity contribution in [1.29, 1.82) is 0 Å². The number of carbonyl (C=O) groups is 1. The second-order valence-corrected chi connectivity index (χ2v) is 4.70. The summed E-state index contributed by atoms with van der Waals surface area (Å²) < 4.78 is 4.80. The lowest BCUT2D eigenvalue weighted by Crippen LogP contribution is -2.16. The molecule has 106 valence electrons. The quantitative estimate of drug-likeness (QED) is 0.772. The van der Waals surface area contributed by atoms with Gasteiger partial charge in [-0.15, -0.1) is 0 Å². The molecule has 0 spiro atoms. The van der Waals surface area contributed by atoms with Crippen molar-refractivity contribution >= 4 is 22.6 Å². The van der Waals surface area contributed by atoms with E-state index in [2.05, 4.69) is 21.4 Å². The normalized spacial score (nSPS) is 10.7. The number of benzene rings is 1. The molecule has 2 heterocycles. The van der Waals surface area contributed by atoms with Crippen LogP contribution in [0.5, 0.6) is 0 Å². The summed E-state index contributed by atoms with van der Waals surface area (Å²) in [6.07, 6.45) is 3.68. The Kier molecular flexibility index (Phi) is 3.66. The number of aromatic amines is 1. The van der Waals surface area contributed by atoms with Gasteiger partial charge in [0.15, 0.2) is 0 Å². The van der Waals surface area contributed by atoms with Gasteiger partial charge in [-0.05, 0) is 29.8 Å². The lowest BCUT2D eigenvalue weighted by atomic mass is 10.1. The fourth-order valence-electron chi connectivity index (χ4n) is 2.20. The van der Waals surface area contributed by atoms with Crippen LogP contribution in [0.2, 0.25) is 0 Å². The molecule has 5 heteroatoms. The van der Waals surface area contributed by atoms with E-state index in [-0.39, 0.29) is 12.5 Å². The van der Waals surface area contributed by atoms with Gasteiger partial charge in [-0.25, -0.2) is 4.98 Å². The number of H-pyrrole nitrogens is 1. The van der Waals surface area contributed by atoms with Gasteiger partial charge in [0.25, 0.3) is 0 Å². The van der Waals surface area contributed by atoms with Crippen LogP contribution in [0.25, 0.3) is 22.2 Å². The maximum atomic E-state index is 11.5. The first-order valence-electron chi connectivity index (χ1n) is 6.58. The number of ether oxygens (including phenoxy) is 1. The highest BCUT2D eigenvalue weighted by Crippen LogP contribution is 2.24. The second kappa shape index (κ2) is 5.76. The number of rotatable bonds is 4. The monoisotopic (exact) mass is 281 g/mol. The lowest BCUT2D eigenvalue weighted by molar-refractivity contribution is -0.119. The number of nitrogens with one attached hydrogen (secondary N) is 2. The van der Waals surface area contributed by atoms with Crippen LogP contribution in [0.15, 0.2) is 48.8 Å². The molecule has 0 saturated carbocycles. The van der Waals surface area contributed by atoms with Gasteiger partial charge in [0.05, 0.1) is 0 Å². The summed E-state index contributed by atoms with van der Waals surface area (Å²) in [6, 6.07) is 11.7. The molecule has 3 aromatic rings. The minimum Gasteiger partial charge on any atom is -0.375 e. The van der Waals surface area contributed by atoms with Gasteiger partial charge in [-0.3, -0.25) is 4.79 Å². The summed E-state index contributed by atoms with van der Waals surface area (Å²) in [4.78, 5) is 19.0. The standard InChI is InChI=1S/C16H15N3O2/c1-21-10-15(20)19-14-4-2-3-11(8-14)13-7-12-5-6-17-16(12)18-9-13/h2-9H,10H2,1H3,(H,17,18)(H,19,20). The molecule has 1 amide bonds. The Bertz CT molecular complexity index is 780. The van der Waals surface area contributed by atoms with Gasteiger partial charge < -0.3 is 15.0 Å². The van der Waals surface area contributed by atoms with Crippen LogP contribution in [0, 0.1) is 0 Å². The van der Waals surface area contributed by atoms with Crippen molar-refractivity contribution in [3.8, 4) is 11.1 Å². The topological polar surface area (TPSA) is 67.0 Å². The molecule has 0 radical (unpaired) electrons. The first-order chi connectivity index (χ1) is 10.3. The van der Waals surface area contributed by atoms with Gasteiger partial charge in [-0.1, -0.05) is 12.1 Å². The summed E-state index contributed by atoms with van der Waals surface area (Å²) in [5.74, 6) is -0.172. The third-order valence-corrected chi connectivity index (χ3v) is 3.16. The van der Waals surface area contributed by atoms with Crippen LogP contribution in [-0.2, 0) is 9.53 Å². The number of anilines is 1. The highest BCUT2D eigenvalue weighted by molar-refractivity contribution is 5.92. The molecule has 0 atom stereocenters. The van der Waals surface area contributed by atoms with Crippen LogP contribution in [0.4, 0.5) is 5.69 Å². The molecule has 2 N–H and O–H groups in total. The summed E-state index contributed by atoms with van der Waals surface area (Å²) >= 11 is 0. The minimum absolute atomic E-state index is 0.0428. The Morgan fingerprint density at radius 1 is 1.29 bits per heavy atom. The van der Waals surface area contributed by atoms with Gasteiger partial charge >= 0.3 is 0 Å². The van der Waals surface area contributed by atoms with Crippen molar-refractivity contribution in [2.45, 2.75) is 0 Å². The van der Waals surface area contributed by atoms with Crippen LogP contribution in [0.1, 0.15) is 0 Å². The Balaban J connectivity index is 1.89. The van der Waals surface area contributed by atoms with Crippen molar-refractivity contribution in [2.24, 2.45) is 0 Å². The van der Waals surface area contributed by atoms with Crippen molar-refractivity contribution < 1.29 is 9.53 Å². The van der Waals surface area contributed by atoms with E-state index in [0.717, 1.165) is 27.8 Å². The van der Waals surface area contributed by atoms with Crippen molar-refractivity contribution in [1.82, 2.24) is 9.97 Å². The van der Waals surface area contributed by atoms with Crippen molar-refractivity contribution in [3.63, 3.8) is 0 Å². The second-order valence-electron chi connectivity index (χ2n) is 4.70. The highest BCUT2D eigenvalue weighted by Gasteiger charge is 2.05. The Labute approximate surface area is 122 Å². The number of fused-ring (bicyclic) bond motifs is 1. The van der Waals surface area contributed by atoms with E-state index in [1.54, 1.807) is 0 Å². The van der Waals surface area contributed by atoms with Crippen LogP contribution >= 0.6 is 0 Å². The van der Waals surface area contributed by atoms with Crippen molar-refractivity contribution in [2.75, 3.05) is 19.0 Å². The molecule has 21 heavy (non-hydrogen) atoms. The molecular weight excluding hydrogens is 266 g/mol. The molecule has 0 aliphatic rings. The third kappa shape index (κ3) is 2.93. The fourth-order valence-corrected chi connectivity index (χ4v) is 2.20. The predicted octanol–water partition coefficient (Wildman–Crippen LogP) is 2.81. The van der Waals surface area contributed by atoms with E-state index in [1.807, 2.05) is 42.7 Å². The van der Waals surface area contributed by atoms with Gasteiger partial charge in [0.1, 0.15) is 12.3 Å². The molecule has 3 rings (SSSR count). The van der Waals surface area contributed by atoms with E-state index < -0.39 is 0 Å². The Hall–Kier alpha value is -2.66. The van der Waals surface area contributed by atoms with Crippen LogP contribution in [0.3, 0.4) is 0 Å². The predicted molar refractivity (Wildman–Crippen MR) is 82.0 cm³/mol. The van der Waals surface area contributed by atoms with Crippen LogP contribution < -0.4 is 5.32 Å². The summed E-state index contributed by atoms with van der Waals surface area (Å²) in [5.41, 5.74) is 3.61. The molecule has 0 bridgehead atoms. The molecule has 2 aromatic heterocycles. The SMILES string of the molecule is COCC(=O)Nc1cccc(-c2cnc3[nH]ccc3c2)c1. The minimum atomic E-state index is -0.172. The molecule has 0 saturated heterocycles. The zero-order valence-corrected chi connectivity index (χ0v) is 11.6. The number of amides is 1. The van der Waals surface area contributed by atoms with Crippen molar-refractivity contribution in [3.05, 3.63) is 48.8 Å². The molecule has 0 unspecified atom stereocenters. The van der Waals surface area contributed by atoms with Gasteiger partial charge in [0, 0.05) is 36.1 Å². The highest BCUT2D eigenvalue weighted by atomic mass is 16.5. The maximum Gasteiger partial charge on any atom is 0.250 e. The smallest absolute Gasteiger partial charge is 0.250 e. The number of hydrogen-bond acceptors (Lipinski definition) is 3. The maximum absolute atomic E-state index is 11.5. The van der Waals surface area contributed by atoms with E-state index in [9.17, 15) is 4.79 Å². The number of hydrogen-bond donors (Lipinski definition) is 2. The summed E-state index contributed by atoms with van der Waals surface area (Å²) in [6.45, 7) is 0.0428. The van der Waals surface area contributed by atoms with E-state index in [0.29, 0.717) is 0 Å². The molecule has 1 aromatic carbocycles. The first-order valence-corrected chi connectivity index (χ1v) is 6.58. The summed E-state index contributed by atoms with van der Waals surface area (Å²) in [7, 11) is 1.49. The number of aromatic nitrogens is 2. The molecule has 0 fully saturated rings. The fraction of sp³-hybridized carbons (Fsp3) is 0.125. The Morgan fingerprint density at radius 2 is 2.19 bits per heavy atom. The van der Waals surface area contributed by atoms with E-state index >= 15 is 0 Å². The van der Waals surface area contributed by atoms with E-state index in [1.165, 1.54) is 7.11 Å². The Morgan fingerprint density at radius 3 is 3.05 bits per heavy atom. The van der Waals surface area contributed by atoms with E-state index in [4.69, 9.17) is 4.74 Å². The molecular formula is C16H15N3O2. The zero-order valence-electron chi connectivity index (χ0n) is 11.6. The zero-order chi connectivity index (χ0) is 14.7. The number of methoxy groups -OCH3 is 1. The van der Waals surface area contributed by atoms with Gasteiger partial charge in [-0.2, -0.15) is 0 Å². The number of pyridine rings is 1. The summed E-state index contributed by atoms with van der Waals surface area (Å²) in [5, 5.41) is 3.85. The number of nitrogens with zero attached hydrogens (tertiary/aromatic N) is 1. The number of carbonyl (C=O) groups excluding carboxylic acids is 1. The van der Waals surface area contributed by atoms with Crippen LogP contribution in [-0.4, -0.2) is 29.6 Å². The van der Waals surface area contributed by atoms with Gasteiger partial charge in [0.2, 0.25) is 5.91 Å². The molecule has 0 aliphatic carbocycles.